The van der Waals surface area contributed by atoms with E-state index in [9.17, 15) is 5.11 Å². The topological polar surface area (TPSA) is 62.5 Å². The molecular weight excluding hydrogens is 384 g/mol. The van der Waals surface area contributed by atoms with Crippen LogP contribution in [0.4, 0.5) is 11.5 Å². The smallest absolute Gasteiger partial charge is 0.235 e. The summed E-state index contributed by atoms with van der Waals surface area (Å²) in [6, 6.07) is 12.3. The van der Waals surface area contributed by atoms with Crippen molar-refractivity contribution in [2.45, 2.75) is 53.4 Å². The van der Waals surface area contributed by atoms with Gasteiger partial charge in [-0.05, 0) is 66.1 Å². The summed E-state index contributed by atoms with van der Waals surface area (Å²) in [6.07, 6.45) is 3.73. The lowest BCUT2D eigenvalue weighted by atomic mass is 9.90. The maximum absolute atomic E-state index is 10.9. The van der Waals surface area contributed by atoms with Gasteiger partial charge in [0.05, 0.1) is 0 Å². The van der Waals surface area contributed by atoms with Crippen molar-refractivity contribution >= 4 is 17.3 Å². The SMILES string of the molecule is Cc1cccc(C)c1Nc1c(-c2cc(C(C)C)c(O)c(C(C)C)c2)nc2ncccn12. The first kappa shape index (κ1) is 20.9. The number of benzene rings is 2. The lowest BCUT2D eigenvalue weighted by molar-refractivity contribution is 0.454. The molecule has 0 aliphatic heterocycles. The van der Waals surface area contributed by atoms with Gasteiger partial charge in [-0.1, -0.05) is 45.9 Å². The normalized spacial score (nSPS) is 11.6. The zero-order valence-electron chi connectivity index (χ0n) is 19.1. The Morgan fingerprint density at radius 3 is 2.13 bits per heavy atom. The molecule has 0 atom stereocenters. The third-order valence-corrected chi connectivity index (χ3v) is 5.81. The van der Waals surface area contributed by atoms with Crippen molar-refractivity contribution < 1.29 is 5.11 Å². The van der Waals surface area contributed by atoms with Gasteiger partial charge < -0.3 is 10.4 Å². The van der Waals surface area contributed by atoms with E-state index in [-0.39, 0.29) is 11.8 Å². The van der Waals surface area contributed by atoms with E-state index >= 15 is 0 Å². The van der Waals surface area contributed by atoms with Gasteiger partial charge in [0.1, 0.15) is 17.3 Å². The molecule has 2 heterocycles. The number of imidazole rings is 1. The molecule has 2 N–H and O–H groups in total. The van der Waals surface area contributed by atoms with E-state index in [2.05, 4.69) is 82.2 Å². The van der Waals surface area contributed by atoms with Crippen LogP contribution in [0.2, 0.25) is 0 Å². The number of fused-ring (bicyclic) bond motifs is 1. The van der Waals surface area contributed by atoms with Crippen molar-refractivity contribution in [1.82, 2.24) is 14.4 Å². The first-order chi connectivity index (χ1) is 14.8. The Bertz CT molecular complexity index is 1200. The standard InChI is InChI=1S/C26H30N4O/c1-15(2)20-13-19(14-21(16(3)4)24(20)31)23-25(30-12-8-11-27-26(30)29-23)28-22-17(5)9-7-10-18(22)6/h7-16,28,31H,1-6H3. The van der Waals surface area contributed by atoms with Gasteiger partial charge in [0, 0.05) is 23.6 Å². The highest BCUT2D eigenvalue weighted by molar-refractivity contribution is 5.81. The molecule has 5 heteroatoms. The largest absolute Gasteiger partial charge is 0.507 e. The molecule has 0 fully saturated rings. The van der Waals surface area contributed by atoms with Gasteiger partial charge in [0.25, 0.3) is 0 Å². The number of aromatic nitrogens is 3. The summed E-state index contributed by atoms with van der Waals surface area (Å²) in [6.45, 7) is 12.6. The fourth-order valence-corrected chi connectivity index (χ4v) is 4.04. The highest BCUT2D eigenvalue weighted by Gasteiger charge is 2.21. The molecule has 0 bridgehead atoms. The van der Waals surface area contributed by atoms with E-state index in [1.807, 2.05) is 16.7 Å². The lowest BCUT2D eigenvalue weighted by Gasteiger charge is -2.18. The second kappa shape index (κ2) is 8.06. The predicted molar refractivity (Wildman–Crippen MR) is 127 cm³/mol. The number of hydrogen-bond acceptors (Lipinski definition) is 4. The van der Waals surface area contributed by atoms with Crippen LogP contribution in [-0.4, -0.2) is 19.5 Å². The van der Waals surface area contributed by atoms with Gasteiger partial charge in [-0.25, -0.2) is 9.97 Å². The zero-order valence-corrected chi connectivity index (χ0v) is 19.1. The average Bonchev–Trinajstić information content (AvgIpc) is 3.09. The number of hydrogen-bond donors (Lipinski definition) is 2. The van der Waals surface area contributed by atoms with Crippen molar-refractivity contribution in [3.63, 3.8) is 0 Å². The fourth-order valence-electron chi connectivity index (χ4n) is 4.04. The van der Waals surface area contributed by atoms with E-state index in [4.69, 9.17) is 4.98 Å². The molecule has 2 aromatic heterocycles. The molecule has 0 spiro atoms. The quantitative estimate of drug-likeness (QED) is 0.381. The maximum atomic E-state index is 10.9. The highest BCUT2D eigenvalue weighted by Crippen LogP contribution is 2.40. The molecule has 4 aromatic rings. The molecule has 0 radical (unpaired) electrons. The summed E-state index contributed by atoms with van der Waals surface area (Å²) >= 11 is 0. The van der Waals surface area contributed by atoms with Crippen LogP contribution in [0, 0.1) is 13.8 Å². The van der Waals surface area contributed by atoms with Crippen LogP contribution in [0.3, 0.4) is 0 Å². The van der Waals surface area contributed by atoms with Gasteiger partial charge >= 0.3 is 0 Å². The Kier molecular flexibility index (Phi) is 5.44. The molecule has 0 unspecified atom stereocenters. The molecule has 31 heavy (non-hydrogen) atoms. The molecule has 5 nitrogen and oxygen atoms in total. The monoisotopic (exact) mass is 414 g/mol. The molecule has 4 rings (SSSR count). The Balaban J connectivity index is 1.98. The summed E-state index contributed by atoms with van der Waals surface area (Å²) in [7, 11) is 0. The summed E-state index contributed by atoms with van der Waals surface area (Å²) < 4.78 is 1.98. The van der Waals surface area contributed by atoms with Crippen LogP contribution in [0.5, 0.6) is 5.75 Å². The minimum Gasteiger partial charge on any atom is -0.507 e. The zero-order chi connectivity index (χ0) is 22.3. The Morgan fingerprint density at radius 2 is 1.55 bits per heavy atom. The van der Waals surface area contributed by atoms with E-state index < -0.39 is 0 Å². The van der Waals surface area contributed by atoms with Crippen molar-refractivity contribution in [3.8, 4) is 17.0 Å². The summed E-state index contributed by atoms with van der Waals surface area (Å²) in [5, 5.41) is 14.5. The van der Waals surface area contributed by atoms with Crippen LogP contribution in [-0.2, 0) is 0 Å². The lowest BCUT2D eigenvalue weighted by Crippen LogP contribution is -2.02. The van der Waals surface area contributed by atoms with Crippen molar-refractivity contribution in [2.24, 2.45) is 0 Å². The average molecular weight is 415 g/mol. The number of para-hydroxylation sites is 1. The Morgan fingerprint density at radius 1 is 0.935 bits per heavy atom. The van der Waals surface area contributed by atoms with Crippen LogP contribution >= 0.6 is 0 Å². The van der Waals surface area contributed by atoms with Gasteiger partial charge in [-0.3, -0.25) is 4.40 Å². The molecule has 0 amide bonds. The van der Waals surface area contributed by atoms with Gasteiger partial charge in [0.15, 0.2) is 0 Å². The second-order valence-electron chi connectivity index (χ2n) is 8.80. The second-order valence-corrected chi connectivity index (χ2v) is 8.80. The summed E-state index contributed by atoms with van der Waals surface area (Å²) in [5.74, 6) is 2.29. The van der Waals surface area contributed by atoms with E-state index in [0.717, 1.165) is 33.9 Å². The predicted octanol–water partition coefficient (Wildman–Crippen LogP) is 6.71. The number of phenolic OH excluding ortho intramolecular Hbond substituents is 1. The molecular formula is C26H30N4O. The molecule has 2 aromatic carbocycles. The number of nitrogens with one attached hydrogen (secondary N) is 1. The molecule has 0 aliphatic carbocycles. The third-order valence-electron chi connectivity index (χ3n) is 5.81. The minimum atomic E-state index is 0.197. The van der Waals surface area contributed by atoms with Crippen LogP contribution in [0.25, 0.3) is 17.0 Å². The molecule has 0 saturated heterocycles. The fraction of sp³-hybridized carbons (Fsp3) is 0.308. The number of aryl methyl sites for hydroxylation is 2. The van der Waals surface area contributed by atoms with Gasteiger partial charge in [0.2, 0.25) is 5.78 Å². The molecule has 160 valence electrons. The number of nitrogens with zero attached hydrogens (tertiary/aromatic N) is 3. The molecule has 0 saturated carbocycles. The maximum Gasteiger partial charge on any atom is 0.235 e. The van der Waals surface area contributed by atoms with Crippen molar-refractivity contribution in [2.75, 3.05) is 5.32 Å². The van der Waals surface area contributed by atoms with Crippen LogP contribution < -0.4 is 5.32 Å². The minimum absolute atomic E-state index is 0.197. The number of aromatic hydroxyl groups is 1. The van der Waals surface area contributed by atoms with E-state index in [0.29, 0.717) is 11.5 Å². The summed E-state index contributed by atoms with van der Waals surface area (Å²) in [4.78, 5) is 9.35. The molecule has 0 aliphatic rings. The first-order valence-electron chi connectivity index (χ1n) is 10.8. The van der Waals surface area contributed by atoms with Crippen molar-refractivity contribution in [1.29, 1.82) is 0 Å². The number of rotatable bonds is 5. The van der Waals surface area contributed by atoms with E-state index in [1.54, 1.807) is 6.20 Å². The Hall–Kier alpha value is -3.34. The van der Waals surface area contributed by atoms with Gasteiger partial charge in [-0.2, -0.15) is 0 Å². The first-order valence-corrected chi connectivity index (χ1v) is 10.8. The number of anilines is 2. The van der Waals surface area contributed by atoms with Crippen molar-refractivity contribution in [3.05, 3.63) is 71.0 Å². The third kappa shape index (κ3) is 3.76. The number of phenols is 1. The Labute approximate surface area is 183 Å². The van der Waals surface area contributed by atoms with Crippen LogP contribution in [0.1, 0.15) is 61.8 Å². The van der Waals surface area contributed by atoms with E-state index in [1.165, 1.54) is 11.1 Å². The van der Waals surface area contributed by atoms with Gasteiger partial charge in [-0.15, -0.1) is 0 Å². The summed E-state index contributed by atoms with van der Waals surface area (Å²) in [5.41, 5.74) is 7.08. The highest BCUT2D eigenvalue weighted by atomic mass is 16.3. The van der Waals surface area contributed by atoms with Crippen LogP contribution in [0.15, 0.2) is 48.8 Å².